The smallest absolute Gasteiger partial charge is 0.354 e. The van der Waals surface area contributed by atoms with Crippen molar-refractivity contribution in [3.63, 3.8) is 0 Å². The number of rotatable bonds is 2. The Hall–Kier alpha value is -2.37. The van der Waals surface area contributed by atoms with E-state index < -0.39 is 11.9 Å². The Bertz CT molecular complexity index is 668. The summed E-state index contributed by atoms with van der Waals surface area (Å²) < 4.78 is 37.5. The number of benzene rings is 1. The highest BCUT2D eigenvalue weighted by Crippen LogP contribution is 2.28. The van der Waals surface area contributed by atoms with Gasteiger partial charge in [0, 0.05) is 13.1 Å². The van der Waals surface area contributed by atoms with E-state index in [1.54, 1.807) is 0 Å². The summed E-state index contributed by atoms with van der Waals surface area (Å²) in [6.45, 7) is 1.47. The molecule has 1 aromatic heterocycles. The van der Waals surface area contributed by atoms with E-state index in [0.717, 1.165) is 32.0 Å². The molecule has 0 amide bonds. The van der Waals surface area contributed by atoms with Gasteiger partial charge >= 0.3 is 6.18 Å². The summed E-state index contributed by atoms with van der Waals surface area (Å²) in [5, 5.41) is 6.99. The van der Waals surface area contributed by atoms with Crippen molar-refractivity contribution in [3.8, 4) is 0 Å². The van der Waals surface area contributed by atoms with Crippen molar-refractivity contribution >= 4 is 11.9 Å². The molecule has 0 spiro atoms. The van der Waals surface area contributed by atoms with Crippen LogP contribution in [0.3, 0.4) is 0 Å². The Labute approximate surface area is 132 Å². The molecule has 3 rings (SSSR count). The second-order valence-corrected chi connectivity index (χ2v) is 5.47. The zero-order valence-electron chi connectivity index (χ0n) is 12.4. The quantitative estimate of drug-likeness (QED) is 0.831. The highest BCUT2D eigenvalue weighted by atomic mass is 19.4. The largest absolute Gasteiger partial charge is 0.435 e. The number of hydrogen-bond acceptors (Lipinski definition) is 3. The monoisotopic (exact) mass is 319 g/mol. The molecule has 1 aromatic carbocycles. The van der Waals surface area contributed by atoms with Crippen LogP contribution in [-0.2, 0) is 6.18 Å². The SMILES string of the molecule is FC(F)(F)c1ccc(N2CCC(=Cc3ccccc3)CC2)nn1. The number of anilines is 1. The molecule has 2 aromatic rings. The van der Waals surface area contributed by atoms with Crippen molar-refractivity contribution in [2.45, 2.75) is 19.0 Å². The molecular weight excluding hydrogens is 303 g/mol. The summed E-state index contributed by atoms with van der Waals surface area (Å²) in [5.41, 5.74) is 1.56. The number of piperidine rings is 1. The molecule has 1 saturated heterocycles. The molecule has 0 saturated carbocycles. The third-order valence-electron chi connectivity index (χ3n) is 3.84. The van der Waals surface area contributed by atoms with E-state index in [9.17, 15) is 13.2 Å². The first-order valence-corrected chi connectivity index (χ1v) is 7.43. The van der Waals surface area contributed by atoms with Crippen molar-refractivity contribution in [2.75, 3.05) is 18.0 Å². The number of halogens is 3. The van der Waals surface area contributed by atoms with E-state index in [4.69, 9.17) is 0 Å². The predicted molar refractivity (Wildman–Crippen MR) is 82.9 cm³/mol. The number of hydrogen-bond donors (Lipinski definition) is 0. The molecule has 0 unspecified atom stereocenters. The second kappa shape index (κ2) is 6.40. The maximum atomic E-state index is 12.5. The molecule has 6 heteroatoms. The van der Waals surface area contributed by atoms with Gasteiger partial charge in [-0.25, -0.2) is 0 Å². The summed E-state index contributed by atoms with van der Waals surface area (Å²) in [7, 11) is 0. The maximum Gasteiger partial charge on any atom is 0.435 e. The van der Waals surface area contributed by atoms with Crippen molar-refractivity contribution in [1.82, 2.24) is 10.2 Å². The molecule has 23 heavy (non-hydrogen) atoms. The molecular formula is C17H16F3N3. The highest BCUT2D eigenvalue weighted by molar-refractivity contribution is 5.54. The zero-order chi connectivity index (χ0) is 16.3. The highest BCUT2D eigenvalue weighted by Gasteiger charge is 2.33. The summed E-state index contributed by atoms with van der Waals surface area (Å²) in [5.74, 6) is 0.497. The average Bonchev–Trinajstić information content (AvgIpc) is 2.56. The second-order valence-electron chi connectivity index (χ2n) is 5.47. The first-order valence-electron chi connectivity index (χ1n) is 7.43. The van der Waals surface area contributed by atoms with Crippen molar-refractivity contribution in [3.05, 3.63) is 59.3 Å². The van der Waals surface area contributed by atoms with Gasteiger partial charge in [0.25, 0.3) is 0 Å². The van der Waals surface area contributed by atoms with E-state index in [-0.39, 0.29) is 0 Å². The summed E-state index contributed by atoms with van der Waals surface area (Å²) in [6, 6.07) is 12.5. The van der Waals surface area contributed by atoms with Crippen LogP contribution < -0.4 is 4.90 Å². The molecule has 1 aliphatic rings. The van der Waals surface area contributed by atoms with Gasteiger partial charge in [0.05, 0.1) is 0 Å². The van der Waals surface area contributed by atoms with Gasteiger partial charge in [-0.2, -0.15) is 13.2 Å². The molecule has 0 atom stereocenters. The van der Waals surface area contributed by atoms with Crippen molar-refractivity contribution in [1.29, 1.82) is 0 Å². The van der Waals surface area contributed by atoms with Crippen LogP contribution in [0, 0.1) is 0 Å². The topological polar surface area (TPSA) is 29.0 Å². The van der Waals surface area contributed by atoms with Gasteiger partial charge in [-0.3, -0.25) is 0 Å². The van der Waals surface area contributed by atoms with Crippen LogP contribution in [0.25, 0.3) is 6.08 Å². The third kappa shape index (κ3) is 3.88. The van der Waals surface area contributed by atoms with E-state index in [2.05, 4.69) is 28.4 Å². The zero-order valence-corrected chi connectivity index (χ0v) is 12.4. The lowest BCUT2D eigenvalue weighted by atomic mass is 10.0. The molecule has 2 heterocycles. The van der Waals surface area contributed by atoms with E-state index >= 15 is 0 Å². The Kier molecular flexibility index (Phi) is 4.32. The van der Waals surface area contributed by atoms with Crippen LogP contribution in [0.4, 0.5) is 19.0 Å². The van der Waals surface area contributed by atoms with Gasteiger partial charge < -0.3 is 4.90 Å². The van der Waals surface area contributed by atoms with Gasteiger partial charge in [0.1, 0.15) is 0 Å². The molecule has 0 aliphatic carbocycles. The van der Waals surface area contributed by atoms with Gasteiger partial charge in [0.15, 0.2) is 11.5 Å². The summed E-state index contributed by atoms with van der Waals surface area (Å²) >= 11 is 0. The molecule has 0 bridgehead atoms. The number of alkyl halides is 3. The molecule has 0 N–H and O–H groups in total. The molecule has 1 aliphatic heterocycles. The van der Waals surface area contributed by atoms with Gasteiger partial charge in [-0.05, 0) is 30.5 Å². The normalized spacial score (nSPS) is 15.6. The molecule has 1 fully saturated rings. The van der Waals surface area contributed by atoms with Crippen LogP contribution >= 0.6 is 0 Å². The lowest BCUT2D eigenvalue weighted by Crippen LogP contribution is -2.31. The third-order valence-corrected chi connectivity index (χ3v) is 3.84. The fraction of sp³-hybridized carbons (Fsp3) is 0.294. The van der Waals surface area contributed by atoms with Crippen LogP contribution in [-0.4, -0.2) is 23.3 Å². The van der Waals surface area contributed by atoms with Crippen LogP contribution in [0.15, 0.2) is 48.0 Å². The minimum Gasteiger partial charge on any atom is -0.354 e. The Morgan fingerprint density at radius 1 is 0.913 bits per heavy atom. The van der Waals surface area contributed by atoms with Crippen LogP contribution in [0.1, 0.15) is 24.1 Å². The van der Waals surface area contributed by atoms with Crippen LogP contribution in [0.5, 0.6) is 0 Å². The van der Waals surface area contributed by atoms with E-state index in [1.165, 1.54) is 17.2 Å². The molecule has 0 radical (unpaired) electrons. The number of nitrogens with zero attached hydrogens (tertiary/aromatic N) is 3. The maximum absolute atomic E-state index is 12.5. The van der Waals surface area contributed by atoms with E-state index in [1.807, 2.05) is 23.1 Å². The lowest BCUT2D eigenvalue weighted by molar-refractivity contribution is -0.141. The van der Waals surface area contributed by atoms with Crippen molar-refractivity contribution < 1.29 is 13.2 Å². The molecule has 3 nitrogen and oxygen atoms in total. The molecule has 120 valence electrons. The summed E-state index contributed by atoms with van der Waals surface area (Å²) in [6.07, 6.45) is -0.524. The minimum absolute atomic E-state index is 0.497. The van der Waals surface area contributed by atoms with Crippen LogP contribution in [0.2, 0.25) is 0 Å². The Balaban J connectivity index is 1.64. The van der Waals surface area contributed by atoms with Gasteiger partial charge in [0.2, 0.25) is 0 Å². The van der Waals surface area contributed by atoms with Gasteiger partial charge in [-0.15, -0.1) is 10.2 Å². The fourth-order valence-electron chi connectivity index (χ4n) is 2.60. The Morgan fingerprint density at radius 2 is 1.61 bits per heavy atom. The fourth-order valence-corrected chi connectivity index (χ4v) is 2.60. The Morgan fingerprint density at radius 3 is 2.17 bits per heavy atom. The summed E-state index contributed by atoms with van der Waals surface area (Å²) in [4.78, 5) is 1.97. The van der Waals surface area contributed by atoms with Crippen molar-refractivity contribution in [2.24, 2.45) is 0 Å². The van der Waals surface area contributed by atoms with Gasteiger partial charge in [-0.1, -0.05) is 42.0 Å². The first-order chi connectivity index (χ1) is 11.0. The average molecular weight is 319 g/mol. The van der Waals surface area contributed by atoms with E-state index in [0.29, 0.717) is 5.82 Å². The predicted octanol–water partition coefficient (Wildman–Crippen LogP) is 4.18. The standard InChI is InChI=1S/C17H16F3N3/c18-17(19,20)15-6-7-16(22-21-15)23-10-8-14(9-11-23)12-13-4-2-1-3-5-13/h1-7,12H,8-11H2. The lowest BCUT2D eigenvalue weighted by Gasteiger charge is -2.29. The first kappa shape index (κ1) is 15.5. The number of aromatic nitrogens is 2. The minimum atomic E-state index is -4.45.